The Kier molecular flexibility index (Phi) is 4.57. The molecule has 0 radical (unpaired) electrons. The fourth-order valence-corrected chi connectivity index (χ4v) is 4.41. The minimum atomic E-state index is -3.15. The zero-order chi connectivity index (χ0) is 17.4. The standard InChI is InChI=1S/C17H24N2O4S/c1-23-14-5-3-13(4-6-14)11-16(20)19-9-7-17(8-10-19)12-15(17)18-24(2,21)22/h3-6,15,18H,7-12H2,1-2H3/t15-/m0/s1. The molecule has 1 saturated heterocycles. The summed E-state index contributed by atoms with van der Waals surface area (Å²) in [6.07, 6.45) is 4.22. The van der Waals surface area contributed by atoms with Gasteiger partial charge in [0.1, 0.15) is 5.75 Å². The third-order valence-corrected chi connectivity index (χ3v) is 5.89. The normalized spacial score (nSPS) is 22.4. The summed E-state index contributed by atoms with van der Waals surface area (Å²) in [6, 6.07) is 7.59. The van der Waals surface area contributed by atoms with E-state index in [1.165, 1.54) is 6.26 Å². The van der Waals surface area contributed by atoms with Crippen LogP contribution in [0.2, 0.25) is 0 Å². The van der Waals surface area contributed by atoms with Gasteiger partial charge in [-0.25, -0.2) is 13.1 Å². The molecule has 0 bridgehead atoms. The predicted octanol–water partition coefficient (Wildman–Crippen LogP) is 1.17. The van der Waals surface area contributed by atoms with E-state index in [1.807, 2.05) is 29.2 Å². The Morgan fingerprint density at radius 1 is 1.29 bits per heavy atom. The Labute approximate surface area is 143 Å². The minimum Gasteiger partial charge on any atom is -0.497 e. The van der Waals surface area contributed by atoms with E-state index >= 15 is 0 Å². The van der Waals surface area contributed by atoms with Crippen molar-refractivity contribution in [2.75, 3.05) is 26.5 Å². The summed E-state index contributed by atoms with van der Waals surface area (Å²) in [7, 11) is -1.53. The Morgan fingerprint density at radius 2 is 1.92 bits per heavy atom. The van der Waals surface area contributed by atoms with Crippen molar-refractivity contribution >= 4 is 15.9 Å². The molecule has 0 aromatic heterocycles. The van der Waals surface area contributed by atoms with E-state index < -0.39 is 10.0 Å². The molecule has 1 atom stereocenters. The molecule has 1 heterocycles. The number of amides is 1. The number of sulfonamides is 1. The number of hydrogen-bond donors (Lipinski definition) is 1. The highest BCUT2D eigenvalue weighted by molar-refractivity contribution is 7.88. The number of ether oxygens (including phenoxy) is 1. The molecule has 1 aromatic rings. The van der Waals surface area contributed by atoms with Crippen molar-refractivity contribution in [3.8, 4) is 5.75 Å². The first-order valence-corrected chi connectivity index (χ1v) is 10.1. The third-order valence-electron chi connectivity index (χ3n) is 5.17. The summed E-state index contributed by atoms with van der Waals surface area (Å²) in [5.41, 5.74) is 1.05. The SMILES string of the molecule is COc1ccc(CC(=O)N2CCC3(CC2)C[C@@H]3NS(C)(=O)=O)cc1. The van der Waals surface area contributed by atoms with E-state index in [9.17, 15) is 13.2 Å². The van der Waals surface area contributed by atoms with Crippen molar-refractivity contribution in [1.29, 1.82) is 0 Å². The maximum atomic E-state index is 12.4. The van der Waals surface area contributed by atoms with Crippen molar-refractivity contribution in [2.45, 2.75) is 31.7 Å². The summed E-state index contributed by atoms with van der Waals surface area (Å²) in [4.78, 5) is 14.3. The highest BCUT2D eigenvalue weighted by Gasteiger charge is 2.56. The number of hydrogen-bond acceptors (Lipinski definition) is 4. The number of methoxy groups -OCH3 is 1. The highest BCUT2D eigenvalue weighted by Crippen LogP contribution is 2.54. The Bertz CT molecular complexity index is 707. The summed E-state index contributed by atoms with van der Waals surface area (Å²) in [5, 5.41) is 0. The molecule has 2 fully saturated rings. The average Bonchev–Trinajstić information content (AvgIpc) is 3.17. The maximum absolute atomic E-state index is 12.4. The number of likely N-dealkylation sites (tertiary alicyclic amines) is 1. The molecule has 132 valence electrons. The Morgan fingerprint density at radius 3 is 2.46 bits per heavy atom. The zero-order valence-electron chi connectivity index (χ0n) is 14.1. The lowest BCUT2D eigenvalue weighted by Gasteiger charge is -2.33. The predicted molar refractivity (Wildman–Crippen MR) is 91.3 cm³/mol. The van der Waals surface area contributed by atoms with E-state index in [1.54, 1.807) is 7.11 Å². The van der Waals surface area contributed by atoms with Crippen LogP contribution in [0.1, 0.15) is 24.8 Å². The number of piperidine rings is 1. The fraction of sp³-hybridized carbons (Fsp3) is 0.588. The highest BCUT2D eigenvalue weighted by atomic mass is 32.2. The Balaban J connectivity index is 1.50. The first-order valence-electron chi connectivity index (χ1n) is 8.19. The average molecular weight is 352 g/mol. The lowest BCUT2D eigenvalue weighted by Crippen LogP contribution is -2.42. The van der Waals surface area contributed by atoms with Gasteiger partial charge in [-0.2, -0.15) is 0 Å². The van der Waals surface area contributed by atoms with Crippen LogP contribution in [0.15, 0.2) is 24.3 Å². The minimum absolute atomic E-state index is 0.0475. The lowest BCUT2D eigenvalue weighted by atomic mass is 9.92. The lowest BCUT2D eigenvalue weighted by molar-refractivity contribution is -0.132. The van der Waals surface area contributed by atoms with Crippen molar-refractivity contribution < 1.29 is 17.9 Å². The second-order valence-corrected chi connectivity index (χ2v) is 8.69. The van der Waals surface area contributed by atoms with Crippen molar-refractivity contribution in [1.82, 2.24) is 9.62 Å². The van der Waals surface area contributed by atoms with Crippen LogP contribution in [0.4, 0.5) is 0 Å². The molecule has 0 unspecified atom stereocenters. The van der Waals surface area contributed by atoms with Gasteiger partial charge >= 0.3 is 0 Å². The van der Waals surface area contributed by atoms with Gasteiger partial charge in [0.25, 0.3) is 0 Å². The quantitative estimate of drug-likeness (QED) is 0.863. The van der Waals surface area contributed by atoms with E-state index in [-0.39, 0.29) is 17.4 Å². The van der Waals surface area contributed by atoms with Crippen molar-refractivity contribution in [2.24, 2.45) is 5.41 Å². The number of nitrogens with one attached hydrogen (secondary N) is 1. The maximum Gasteiger partial charge on any atom is 0.226 e. The molecule has 1 aliphatic carbocycles. The van der Waals surface area contributed by atoms with Gasteiger partial charge in [-0.1, -0.05) is 12.1 Å². The second-order valence-electron chi connectivity index (χ2n) is 6.91. The number of benzene rings is 1. The van der Waals surface area contributed by atoms with Gasteiger partial charge in [0.2, 0.25) is 15.9 Å². The molecular formula is C17H24N2O4S. The molecule has 24 heavy (non-hydrogen) atoms. The van der Waals surface area contributed by atoms with Gasteiger partial charge in [-0.05, 0) is 42.4 Å². The molecule has 3 rings (SSSR count). The van der Waals surface area contributed by atoms with Crippen LogP contribution in [0.5, 0.6) is 5.75 Å². The summed E-state index contributed by atoms with van der Waals surface area (Å²) in [5.74, 6) is 0.910. The zero-order valence-corrected chi connectivity index (χ0v) is 14.9. The molecule has 7 heteroatoms. The van der Waals surface area contributed by atoms with Gasteiger partial charge in [-0.15, -0.1) is 0 Å². The van der Waals surface area contributed by atoms with Crippen LogP contribution in [0, 0.1) is 5.41 Å². The third kappa shape index (κ3) is 3.89. The number of rotatable bonds is 5. The van der Waals surface area contributed by atoms with E-state index in [2.05, 4.69) is 4.72 Å². The fourth-order valence-electron chi connectivity index (χ4n) is 3.56. The number of carbonyl (C=O) groups is 1. The molecule has 1 aliphatic heterocycles. The molecule has 1 saturated carbocycles. The molecule has 1 N–H and O–H groups in total. The van der Waals surface area contributed by atoms with Gasteiger partial charge in [-0.3, -0.25) is 4.79 Å². The van der Waals surface area contributed by atoms with Crippen LogP contribution in [0.25, 0.3) is 0 Å². The summed E-state index contributed by atoms with van der Waals surface area (Å²) < 4.78 is 30.5. The van der Waals surface area contributed by atoms with Crippen LogP contribution in [0.3, 0.4) is 0 Å². The monoisotopic (exact) mass is 352 g/mol. The molecule has 1 aromatic carbocycles. The van der Waals surface area contributed by atoms with Crippen LogP contribution in [-0.4, -0.2) is 51.7 Å². The largest absolute Gasteiger partial charge is 0.497 e. The first-order chi connectivity index (χ1) is 11.3. The molecule has 1 spiro atoms. The smallest absolute Gasteiger partial charge is 0.226 e. The van der Waals surface area contributed by atoms with Gasteiger partial charge in [0.15, 0.2) is 0 Å². The van der Waals surface area contributed by atoms with Gasteiger partial charge < -0.3 is 9.64 Å². The summed E-state index contributed by atoms with van der Waals surface area (Å²) in [6.45, 7) is 1.41. The van der Waals surface area contributed by atoms with E-state index in [0.717, 1.165) is 30.6 Å². The van der Waals surface area contributed by atoms with E-state index in [4.69, 9.17) is 4.74 Å². The molecule has 6 nitrogen and oxygen atoms in total. The van der Waals surface area contributed by atoms with Crippen LogP contribution in [-0.2, 0) is 21.2 Å². The van der Waals surface area contributed by atoms with Crippen molar-refractivity contribution in [3.63, 3.8) is 0 Å². The van der Waals surface area contributed by atoms with Gasteiger partial charge in [0, 0.05) is 19.1 Å². The summed E-state index contributed by atoms with van der Waals surface area (Å²) >= 11 is 0. The molecular weight excluding hydrogens is 328 g/mol. The second kappa shape index (κ2) is 6.37. The molecule has 1 amide bonds. The Hall–Kier alpha value is -1.60. The van der Waals surface area contributed by atoms with E-state index in [0.29, 0.717) is 19.5 Å². The topological polar surface area (TPSA) is 75.7 Å². The van der Waals surface area contributed by atoms with Crippen LogP contribution >= 0.6 is 0 Å². The molecule has 2 aliphatic rings. The van der Waals surface area contributed by atoms with Gasteiger partial charge in [0.05, 0.1) is 19.8 Å². The number of carbonyl (C=O) groups excluding carboxylic acids is 1. The van der Waals surface area contributed by atoms with Crippen molar-refractivity contribution in [3.05, 3.63) is 29.8 Å². The number of nitrogens with zero attached hydrogens (tertiary/aromatic N) is 1. The van der Waals surface area contributed by atoms with Crippen LogP contribution < -0.4 is 9.46 Å². The first kappa shape index (κ1) is 17.2.